The zero-order chi connectivity index (χ0) is 15.6. The normalized spacial score (nSPS) is 11.5. The first-order chi connectivity index (χ1) is 9.86. The molecule has 2 aromatic rings. The molecule has 1 aromatic carbocycles. The molecule has 1 aromatic heterocycles. The van der Waals surface area contributed by atoms with E-state index in [0.29, 0.717) is 17.8 Å². The number of nitrogens with one attached hydrogen (secondary N) is 1. The Labute approximate surface area is 128 Å². The maximum absolute atomic E-state index is 12.8. The van der Waals surface area contributed by atoms with Crippen LogP contribution in [0.2, 0.25) is 0 Å². The molecule has 112 valence electrons. The van der Waals surface area contributed by atoms with Crippen molar-refractivity contribution in [2.75, 3.05) is 12.4 Å². The fourth-order valence-electron chi connectivity index (χ4n) is 1.86. The molecule has 0 amide bonds. The van der Waals surface area contributed by atoms with Gasteiger partial charge in [0.15, 0.2) is 5.82 Å². The van der Waals surface area contributed by atoms with Crippen molar-refractivity contribution < 1.29 is 13.2 Å². The quantitative estimate of drug-likeness (QED) is 0.874. The molecular weight excluding hydrogens is 347 g/mol. The lowest BCUT2D eigenvalue weighted by atomic mass is 10.1. The van der Waals surface area contributed by atoms with Crippen LogP contribution in [0.5, 0.6) is 0 Å². The molecule has 0 atom stereocenters. The third kappa shape index (κ3) is 3.34. The van der Waals surface area contributed by atoms with Crippen LogP contribution in [-0.2, 0) is 12.6 Å². The summed E-state index contributed by atoms with van der Waals surface area (Å²) in [7, 11) is 1.70. The van der Waals surface area contributed by atoms with Gasteiger partial charge in [0, 0.05) is 12.6 Å². The van der Waals surface area contributed by atoms with Crippen molar-refractivity contribution in [2.45, 2.75) is 19.5 Å². The predicted octanol–water partition coefficient (Wildman–Crippen LogP) is 4.53. The fourth-order valence-corrected chi connectivity index (χ4v) is 2.51. The highest BCUT2D eigenvalue weighted by atomic mass is 79.9. The molecule has 0 bridgehead atoms. The molecule has 7 heteroatoms. The summed E-state index contributed by atoms with van der Waals surface area (Å²) in [5.41, 5.74) is 0.362. The Bertz CT molecular complexity index is 631. The molecule has 0 unspecified atom stereocenters. The summed E-state index contributed by atoms with van der Waals surface area (Å²) in [6.07, 6.45) is -3.74. The lowest BCUT2D eigenvalue weighted by Crippen LogP contribution is -2.06. The fraction of sp³-hybridized carbons (Fsp3) is 0.286. The van der Waals surface area contributed by atoms with Crippen LogP contribution in [0.3, 0.4) is 0 Å². The Morgan fingerprint density at radius 2 is 1.95 bits per heavy atom. The van der Waals surface area contributed by atoms with Crippen LogP contribution >= 0.6 is 15.9 Å². The minimum atomic E-state index is -4.38. The molecule has 0 saturated carbocycles. The SMILES string of the molecule is CCc1nc(-c2cccc(C(F)(F)F)c2)nc(NC)c1Br. The highest BCUT2D eigenvalue weighted by Gasteiger charge is 2.30. The Morgan fingerprint density at radius 3 is 2.52 bits per heavy atom. The van der Waals surface area contributed by atoms with E-state index < -0.39 is 11.7 Å². The van der Waals surface area contributed by atoms with E-state index in [-0.39, 0.29) is 5.82 Å². The van der Waals surface area contributed by atoms with Crippen LogP contribution in [0.15, 0.2) is 28.7 Å². The number of alkyl halides is 3. The van der Waals surface area contributed by atoms with Gasteiger partial charge in [0.1, 0.15) is 5.82 Å². The van der Waals surface area contributed by atoms with Crippen molar-refractivity contribution in [3.8, 4) is 11.4 Å². The number of hydrogen-bond donors (Lipinski definition) is 1. The number of nitrogens with zero attached hydrogens (tertiary/aromatic N) is 2. The number of halogens is 4. The molecule has 21 heavy (non-hydrogen) atoms. The first-order valence-electron chi connectivity index (χ1n) is 6.28. The molecule has 0 aliphatic carbocycles. The van der Waals surface area contributed by atoms with E-state index in [0.717, 1.165) is 22.3 Å². The monoisotopic (exact) mass is 359 g/mol. The summed E-state index contributed by atoms with van der Waals surface area (Å²) in [5, 5.41) is 2.90. The molecule has 3 nitrogen and oxygen atoms in total. The minimum absolute atomic E-state index is 0.269. The van der Waals surface area contributed by atoms with Crippen LogP contribution in [0.25, 0.3) is 11.4 Å². The third-order valence-electron chi connectivity index (χ3n) is 2.94. The Balaban J connectivity index is 2.57. The summed E-state index contributed by atoms with van der Waals surface area (Å²) < 4.78 is 39.1. The first kappa shape index (κ1) is 15.8. The highest BCUT2D eigenvalue weighted by Crippen LogP contribution is 2.32. The summed E-state index contributed by atoms with van der Waals surface area (Å²) in [6.45, 7) is 1.92. The van der Waals surface area contributed by atoms with Crippen molar-refractivity contribution in [3.63, 3.8) is 0 Å². The van der Waals surface area contributed by atoms with Gasteiger partial charge in [-0.3, -0.25) is 0 Å². The molecule has 0 spiro atoms. The van der Waals surface area contributed by atoms with Crippen molar-refractivity contribution in [2.24, 2.45) is 0 Å². The number of benzene rings is 1. The zero-order valence-electron chi connectivity index (χ0n) is 11.4. The van der Waals surface area contributed by atoms with Gasteiger partial charge >= 0.3 is 6.18 Å². The second kappa shape index (κ2) is 6.01. The Hall–Kier alpha value is -1.63. The van der Waals surface area contributed by atoms with E-state index in [2.05, 4.69) is 31.2 Å². The van der Waals surface area contributed by atoms with Crippen LogP contribution in [-0.4, -0.2) is 17.0 Å². The maximum atomic E-state index is 12.8. The van der Waals surface area contributed by atoms with Crippen molar-refractivity contribution in [3.05, 3.63) is 40.0 Å². The Kier molecular flexibility index (Phi) is 4.51. The van der Waals surface area contributed by atoms with Crippen molar-refractivity contribution in [1.82, 2.24) is 9.97 Å². The van der Waals surface area contributed by atoms with E-state index in [1.165, 1.54) is 6.07 Å². The summed E-state index contributed by atoms with van der Waals surface area (Å²) in [6, 6.07) is 5.01. The van der Waals surface area contributed by atoms with E-state index >= 15 is 0 Å². The lowest BCUT2D eigenvalue weighted by molar-refractivity contribution is -0.137. The smallest absolute Gasteiger partial charge is 0.372 e. The number of anilines is 1. The topological polar surface area (TPSA) is 37.8 Å². The van der Waals surface area contributed by atoms with E-state index in [1.807, 2.05) is 6.92 Å². The molecule has 0 fully saturated rings. The van der Waals surface area contributed by atoms with Gasteiger partial charge in [0.2, 0.25) is 0 Å². The molecule has 2 rings (SSSR count). The number of rotatable bonds is 3. The predicted molar refractivity (Wildman–Crippen MR) is 79.1 cm³/mol. The van der Waals surface area contributed by atoms with Crippen LogP contribution < -0.4 is 5.32 Å². The standard InChI is InChI=1S/C14H13BrF3N3/c1-3-10-11(15)13(19-2)21-12(20-10)8-5-4-6-9(7-8)14(16,17)18/h4-7H,3H2,1-2H3,(H,19,20,21). The first-order valence-corrected chi connectivity index (χ1v) is 7.08. The largest absolute Gasteiger partial charge is 0.416 e. The van der Waals surface area contributed by atoms with Gasteiger partial charge in [-0.15, -0.1) is 0 Å². The van der Waals surface area contributed by atoms with E-state index in [1.54, 1.807) is 13.1 Å². The Morgan fingerprint density at radius 1 is 1.24 bits per heavy atom. The molecular formula is C14H13BrF3N3. The van der Waals surface area contributed by atoms with Gasteiger partial charge in [-0.2, -0.15) is 13.2 Å². The summed E-state index contributed by atoms with van der Waals surface area (Å²) in [5.74, 6) is 0.819. The van der Waals surface area contributed by atoms with Crippen LogP contribution in [0.4, 0.5) is 19.0 Å². The molecule has 1 N–H and O–H groups in total. The van der Waals surface area contributed by atoms with Gasteiger partial charge in [-0.25, -0.2) is 9.97 Å². The van der Waals surface area contributed by atoms with Gasteiger partial charge in [-0.1, -0.05) is 19.1 Å². The number of hydrogen-bond acceptors (Lipinski definition) is 3. The van der Waals surface area contributed by atoms with E-state index in [9.17, 15) is 13.2 Å². The lowest BCUT2D eigenvalue weighted by Gasteiger charge is -2.11. The average molecular weight is 360 g/mol. The maximum Gasteiger partial charge on any atom is 0.416 e. The van der Waals surface area contributed by atoms with Crippen molar-refractivity contribution in [1.29, 1.82) is 0 Å². The summed E-state index contributed by atoms with van der Waals surface area (Å²) in [4.78, 5) is 8.58. The number of aryl methyl sites for hydroxylation is 1. The molecule has 0 aliphatic heterocycles. The van der Waals surface area contributed by atoms with Gasteiger partial charge in [-0.05, 0) is 34.5 Å². The van der Waals surface area contributed by atoms with E-state index in [4.69, 9.17) is 0 Å². The highest BCUT2D eigenvalue weighted by molar-refractivity contribution is 9.10. The minimum Gasteiger partial charge on any atom is -0.372 e. The van der Waals surface area contributed by atoms with Gasteiger partial charge in [0.25, 0.3) is 0 Å². The van der Waals surface area contributed by atoms with Gasteiger partial charge < -0.3 is 5.32 Å². The zero-order valence-corrected chi connectivity index (χ0v) is 13.0. The number of aromatic nitrogens is 2. The third-order valence-corrected chi connectivity index (χ3v) is 3.77. The second-order valence-corrected chi connectivity index (χ2v) is 5.13. The second-order valence-electron chi connectivity index (χ2n) is 4.34. The summed E-state index contributed by atoms with van der Waals surface area (Å²) >= 11 is 3.39. The molecule has 0 saturated heterocycles. The molecule has 0 radical (unpaired) electrons. The van der Waals surface area contributed by atoms with Gasteiger partial charge in [0.05, 0.1) is 15.7 Å². The molecule has 0 aliphatic rings. The van der Waals surface area contributed by atoms with Crippen LogP contribution in [0.1, 0.15) is 18.2 Å². The van der Waals surface area contributed by atoms with Crippen LogP contribution in [0, 0.1) is 0 Å². The average Bonchev–Trinajstić information content (AvgIpc) is 2.46. The molecule has 1 heterocycles. The van der Waals surface area contributed by atoms with Crippen molar-refractivity contribution >= 4 is 21.7 Å².